The topological polar surface area (TPSA) is 116 Å². The number of amides is 2. The average Bonchev–Trinajstić information content (AvgIpc) is 2.60. The lowest BCUT2D eigenvalue weighted by molar-refractivity contribution is -0.123. The van der Waals surface area contributed by atoms with Crippen LogP contribution < -0.4 is 11.5 Å². The highest BCUT2D eigenvalue weighted by molar-refractivity contribution is 5.82. The largest absolute Gasteiger partial charge is 0.369 e. The van der Waals surface area contributed by atoms with Gasteiger partial charge in [-0.3, -0.25) is 29.1 Å². The maximum atomic E-state index is 12.2. The summed E-state index contributed by atoms with van der Waals surface area (Å²) in [6.07, 6.45) is 0. The molecule has 1 aliphatic rings. The molecule has 0 atom stereocenters. The minimum Gasteiger partial charge on any atom is -0.369 e. The number of hydrogen-bond acceptors (Lipinski definition) is 7. The molecule has 9 nitrogen and oxygen atoms in total. The molecular weight excluding hydrogens is 360 g/mol. The molecule has 0 radical (unpaired) electrons. The van der Waals surface area contributed by atoms with E-state index in [1.165, 1.54) is 0 Å². The molecule has 9 heteroatoms. The Hall–Kier alpha value is -1.55. The van der Waals surface area contributed by atoms with E-state index in [1.54, 1.807) is 0 Å². The van der Waals surface area contributed by atoms with Crippen LogP contribution in [-0.4, -0.2) is 116 Å². The summed E-state index contributed by atoms with van der Waals surface area (Å²) in [7, 11) is 0. The third-order valence-electron chi connectivity index (χ3n) is 5.16. The van der Waals surface area contributed by atoms with Crippen molar-refractivity contribution in [1.82, 2.24) is 19.6 Å². The van der Waals surface area contributed by atoms with Crippen molar-refractivity contribution in [3.8, 4) is 0 Å². The van der Waals surface area contributed by atoms with Gasteiger partial charge in [0, 0.05) is 58.3 Å². The quantitative estimate of drug-likeness (QED) is 0.507. The Morgan fingerprint density at radius 3 is 1.29 bits per heavy atom. The predicted molar refractivity (Wildman–Crippen MR) is 110 cm³/mol. The van der Waals surface area contributed by atoms with Gasteiger partial charge in [-0.05, 0) is 6.54 Å². The molecule has 4 N–H and O–H groups in total. The molecule has 0 aromatic carbocycles. The fraction of sp³-hybridized carbons (Fsp3) is 0.842. The van der Waals surface area contributed by atoms with E-state index in [9.17, 15) is 14.4 Å². The highest BCUT2D eigenvalue weighted by atomic mass is 16.2. The monoisotopic (exact) mass is 398 g/mol. The second-order valence-corrected chi connectivity index (χ2v) is 7.82. The van der Waals surface area contributed by atoms with E-state index in [-0.39, 0.29) is 36.6 Å². The molecule has 28 heavy (non-hydrogen) atoms. The maximum Gasteiger partial charge on any atom is 0.231 e. The summed E-state index contributed by atoms with van der Waals surface area (Å²) in [5.74, 6) is -0.498. The van der Waals surface area contributed by atoms with E-state index < -0.39 is 0 Å². The van der Waals surface area contributed by atoms with E-state index in [2.05, 4.69) is 16.7 Å². The van der Waals surface area contributed by atoms with E-state index in [0.717, 1.165) is 32.7 Å². The van der Waals surface area contributed by atoms with Crippen LogP contribution in [0.1, 0.15) is 20.8 Å². The minimum atomic E-state index is -0.379. The summed E-state index contributed by atoms with van der Waals surface area (Å²) in [6, 6.07) is 0. The molecule has 1 fully saturated rings. The smallest absolute Gasteiger partial charge is 0.231 e. The van der Waals surface area contributed by atoms with Gasteiger partial charge in [0.15, 0.2) is 0 Å². The van der Waals surface area contributed by atoms with Crippen molar-refractivity contribution in [1.29, 1.82) is 0 Å². The molecule has 0 spiro atoms. The van der Waals surface area contributed by atoms with Crippen molar-refractivity contribution in [2.45, 2.75) is 20.8 Å². The lowest BCUT2D eigenvalue weighted by atomic mass is 10.1. The summed E-state index contributed by atoms with van der Waals surface area (Å²) >= 11 is 0. The number of nitrogens with zero attached hydrogens (tertiary/aromatic N) is 4. The third-order valence-corrected chi connectivity index (χ3v) is 5.16. The number of carbonyl (C=O) groups is 3. The van der Waals surface area contributed by atoms with Gasteiger partial charge in [-0.25, -0.2) is 0 Å². The van der Waals surface area contributed by atoms with Crippen LogP contribution in [0.4, 0.5) is 0 Å². The fourth-order valence-corrected chi connectivity index (χ4v) is 3.21. The number of likely N-dealkylation sites (N-methyl/N-ethyl adjacent to an activating group) is 1. The summed E-state index contributed by atoms with van der Waals surface area (Å²) < 4.78 is 0. The first-order valence-electron chi connectivity index (χ1n) is 10.2. The number of hydrogen-bond donors (Lipinski definition) is 2. The Morgan fingerprint density at radius 2 is 1.00 bits per heavy atom. The van der Waals surface area contributed by atoms with Crippen molar-refractivity contribution in [3.05, 3.63) is 0 Å². The van der Waals surface area contributed by atoms with Gasteiger partial charge in [0.2, 0.25) is 11.8 Å². The van der Waals surface area contributed by atoms with Crippen LogP contribution in [-0.2, 0) is 14.4 Å². The van der Waals surface area contributed by atoms with Crippen LogP contribution in [0.15, 0.2) is 0 Å². The first kappa shape index (κ1) is 24.5. The van der Waals surface area contributed by atoms with Crippen LogP contribution >= 0.6 is 0 Å². The number of rotatable bonds is 8. The Kier molecular flexibility index (Phi) is 11.2. The van der Waals surface area contributed by atoms with E-state index in [1.807, 2.05) is 23.6 Å². The number of nitrogens with two attached hydrogens (primary N) is 2. The van der Waals surface area contributed by atoms with Crippen LogP contribution in [0.2, 0.25) is 0 Å². The van der Waals surface area contributed by atoms with E-state index >= 15 is 0 Å². The molecule has 2 amide bonds. The Morgan fingerprint density at radius 1 is 0.679 bits per heavy atom. The second-order valence-electron chi connectivity index (χ2n) is 7.82. The van der Waals surface area contributed by atoms with Gasteiger partial charge in [-0.1, -0.05) is 20.8 Å². The fourth-order valence-electron chi connectivity index (χ4n) is 3.21. The summed E-state index contributed by atoms with van der Waals surface area (Å²) in [6.45, 7) is 13.4. The zero-order chi connectivity index (χ0) is 21.1. The van der Waals surface area contributed by atoms with E-state index in [4.69, 9.17) is 11.5 Å². The van der Waals surface area contributed by atoms with Crippen LogP contribution in [0.25, 0.3) is 0 Å². The summed E-state index contributed by atoms with van der Waals surface area (Å²) in [5, 5.41) is 0. The van der Waals surface area contributed by atoms with Crippen molar-refractivity contribution < 1.29 is 14.4 Å². The zero-order valence-corrected chi connectivity index (χ0v) is 17.7. The van der Waals surface area contributed by atoms with Gasteiger partial charge in [0.05, 0.1) is 19.6 Å². The second kappa shape index (κ2) is 12.8. The molecule has 0 aliphatic carbocycles. The van der Waals surface area contributed by atoms with Crippen LogP contribution in [0.5, 0.6) is 0 Å². The first-order valence-corrected chi connectivity index (χ1v) is 10.2. The van der Waals surface area contributed by atoms with Gasteiger partial charge in [-0.2, -0.15) is 0 Å². The molecular formula is C19H38N6O3. The Labute approximate surface area is 169 Å². The van der Waals surface area contributed by atoms with Crippen molar-refractivity contribution in [3.63, 3.8) is 0 Å². The van der Waals surface area contributed by atoms with Gasteiger partial charge in [0.1, 0.15) is 5.78 Å². The van der Waals surface area contributed by atoms with Gasteiger partial charge in [-0.15, -0.1) is 0 Å². The van der Waals surface area contributed by atoms with Crippen molar-refractivity contribution >= 4 is 17.6 Å². The maximum absolute atomic E-state index is 12.2. The molecule has 1 heterocycles. The highest BCUT2D eigenvalue weighted by Crippen LogP contribution is 2.03. The van der Waals surface area contributed by atoms with E-state index in [0.29, 0.717) is 32.7 Å². The lowest BCUT2D eigenvalue weighted by Gasteiger charge is -2.33. The Bertz CT molecular complexity index is 514. The summed E-state index contributed by atoms with van der Waals surface area (Å²) in [5.41, 5.74) is 10.8. The van der Waals surface area contributed by atoms with Gasteiger partial charge < -0.3 is 16.4 Å². The molecule has 0 aromatic rings. The molecule has 0 aromatic heterocycles. The molecule has 0 unspecified atom stereocenters. The number of ketones is 1. The molecule has 1 saturated heterocycles. The Balaban J connectivity index is 2.86. The molecule has 0 bridgehead atoms. The SMILES string of the molecule is CCN1CCN(CC(N)=O)CCN(CC(N)=O)CCN(CC(=O)C(C)C)CC1. The van der Waals surface area contributed by atoms with Gasteiger partial charge in [0.25, 0.3) is 0 Å². The first-order chi connectivity index (χ1) is 13.2. The highest BCUT2D eigenvalue weighted by Gasteiger charge is 2.19. The predicted octanol–water partition coefficient (Wildman–Crippen LogP) is -1.58. The molecule has 162 valence electrons. The average molecular weight is 399 g/mol. The minimum absolute atomic E-state index is 0.00717. The normalized spacial score (nSPS) is 19.9. The van der Waals surface area contributed by atoms with Crippen LogP contribution in [0, 0.1) is 5.92 Å². The third kappa shape index (κ3) is 10.1. The van der Waals surface area contributed by atoms with Crippen LogP contribution in [0.3, 0.4) is 0 Å². The lowest BCUT2D eigenvalue weighted by Crippen LogP contribution is -2.49. The molecule has 1 rings (SSSR count). The standard InChI is InChI=1S/C19H38N6O3/c1-4-22-5-7-23(13-17(26)16(2)3)9-10-25(15-19(21)28)12-11-24(8-6-22)14-18(20)27/h16H,4-15H2,1-3H3,(H2,20,27)(H2,21,28). The van der Waals surface area contributed by atoms with Crippen molar-refractivity contribution in [2.24, 2.45) is 17.4 Å². The number of carbonyl (C=O) groups excluding carboxylic acids is 3. The molecule has 1 aliphatic heterocycles. The number of Topliss-reactive ketones (excluding diaryl/α,β-unsaturated/α-hetero) is 1. The summed E-state index contributed by atoms with van der Waals surface area (Å²) in [4.78, 5) is 43.6. The van der Waals surface area contributed by atoms with Gasteiger partial charge >= 0.3 is 0 Å². The zero-order valence-electron chi connectivity index (χ0n) is 17.7. The number of primary amides is 2. The molecule has 0 saturated carbocycles. The van der Waals surface area contributed by atoms with Crippen molar-refractivity contribution in [2.75, 3.05) is 78.5 Å².